The first-order valence-corrected chi connectivity index (χ1v) is 7.36. The molecule has 2 aliphatic rings. The van der Waals surface area contributed by atoms with Crippen LogP contribution in [-0.2, 0) is 4.74 Å². The summed E-state index contributed by atoms with van der Waals surface area (Å²) in [5.41, 5.74) is -0.447. The molecule has 110 valence electrons. The molecule has 1 atom stereocenters. The molecule has 0 radical (unpaired) electrons. The largest absolute Gasteiger partial charge is 0.390 e. The normalized spacial score (nSPS) is 25.9. The number of pyridine rings is 1. The van der Waals surface area contributed by atoms with Gasteiger partial charge in [0.15, 0.2) is 11.6 Å². The van der Waals surface area contributed by atoms with Crippen LogP contribution in [-0.4, -0.2) is 41.5 Å². The fourth-order valence-corrected chi connectivity index (χ4v) is 3.27. The number of aromatic nitrogens is 1. The van der Waals surface area contributed by atoms with Crippen LogP contribution in [0, 0.1) is 5.82 Å². The van der Waals surface area contributed by atoms with Gasteiger partial charge in [-0.1, -0.05) is 11.6 Å². The summed E-state index contributed by atoms with van der Waals surface area (Å²) in [6.45, 7) is 1.95. The minimum absolute atomic E-state index is 0.297. The van der Waals surface area contributed by atoms with Crippen molar-refractivity contribution in [2.24, 2.45) is 0 Å². The quantitative estimate of drug-likeness (QED) is 0.865. The lowest BCUT2D eigenvalue weighted by molar-refractivity contribution is -0.164. The van der Waals surface area contributed by atoms with E-state index in [1.165, 1.54) is 12.3 Å². The second-order valence-electron chi connectivity index (χ2n) is 5.52. The van der Waals surface area contributed by atoms with Gasteiger partial charge in [-0.05, 0) is 31.7 Å². The number of piperidine rings is 1. The highest BCUT2D eigenvalue weighted by Gasteiger charge is 2.44. The molecule has 0 bridgehead atoms. The third kappa shape index (κ3) is 2.50. The molecule has 1 aromatic heterocycles. The number of rotatable bonds is 1. The topological polar surface area (TPSA) is 45.6 Å². The zero-order valence-electron chi connectivity index (χ0n) is 11.2. The van der Waals surface area contributed by atoms with E-state index in [1.807, 2.05) is 4.90 Å². The molecule has 1 N–H and O–H groups in total. The van der Waals surface area contributed by atoms with Crippen LogP contribution in [0.15, 0.2) is 12.3 Å². The monoisotopic (exact) mass is 300 g/mol. The van der Waals surface area contributed by atoms with Crippen LogP contribution >= 0.6 is 11.6 Å². The lowest BCUT2D eigenvalue weighted by Gasteiger charge is -2.47. The summed E-state index contributed by atoms with van der Waals surface area (Å²) in [4.78, 5) is 5.96. The Hall–Kier alpha value is -0.910. The SMILES string of the molecule is O[C@H]1CCCOC12CCN(c1ncc(Cl)cc1F)CC2. The van der Waals surface area contributed by atoms with Gasteiger partial charge in [0.25, 0.3) is 0 Å². The van der Waals surface area contributed by atoms with Gasteiger partial charge in [-0.3, -0.25) is 0 Å². The maximum atomic E-state index is 13.9. The molecular formula is C14H18ClFN2O2. The minimum Gasteiger partial charge on any atom is -0.390 e. The summed E-state index contributed by atoms with van der Waals surface area (Å²) in [7, 11) is 0. The number of hydrogen-bond acceptors (Lipinski definition) is 4. The van der Waals surface area contributed by atoms with Gasteiger partial charge in [0.1, 0.15) is 0 Å². The lowest BCUT2D eigenvalue weighted by atomic mass is 9.82. The Morgan fingerprint density at radius 2 is 2.20 bits per heavy atom. The van der Waals surface area contributed by atoms with Crippen LogP contribution < -0.4 is 4.90 Å². The highest BCUT2D eigenvalue weighted by atomic mass is 35.5. The molecule has 0 aliphatic carbocycles. The van der Waals surface area contributed by atoms with Crippen LogP contribution in [0.2, 0.25) is 5.02 Å². The molecule has 3 rings (SSSR count). The summed E-state index contributed by atoms with van der Waals surface area (Å²) in [6.07, 6.45) is 4.11. The molecule has 2 aliphatic heterocycles. The van der Waals surface area contributed by atoms with E-state index in [9.17, 15) is 9.50 Å². The van der Waals surface area contributed by atoms with E-state index >= 15 is 0 Å². The Balaban J connectivity index is 1.72. The van der Waals surface area contributed by atoms with E-state index in [0.717, 1.165) is 12.8 Å². The standard InChI is InChI=1S/C14H18ClFN2O2/c15-10-8-11(16)13(17-9-10)18-5-3-14(4-6-18)12(19)2-1-7-20-14/h8-9,12,19H,1-7H2/t12-/m0/s1. The van der Waals surface area contributed by atoms with Crippen molar-refractivity contribution < 1.29 is 14.2 Å². The number of anilines is 1. The summed E-state index contributed by atoms with van der Waals surface area (Å²) < 4.78 is 19.7. The predicted molar refractivity (Wildman–Crippen MR) is 74.6 cm³/mol. The molecule has 0 amide bonds. The van der Waals surface area contributed by atoms with Crippen molar-refractivity contribution >= 4 is 17.4 Å². The molecule has 1 spiro atoms. The van der Waals surface area contributed by atoms with Crippen molar-refractivity contribution in [3.63, 3.8) is 0 Å². The fraction of sp³-hybridized carbons (Fsp3) is 0.643. The van der Waals surface area contributed by atoms with Crippen molar-refractivity contribution in [2.45, 2.75) is 37.4 Å². The number of hydrogen-bond donors (Lipinski definition) is 1. The molecule has 0 unspecified atom stereocenters. The molecule has 20 heavy (non-hydrogen) atoms. The van der Waals surface area contributed by atoms with Gasteiger partial charge in [0.2, 0.25) is 0 Å². The molecule has 6 heteroatoms. The second-order valence-corrected chi connectivity index (χ2v) is 5.95. The highest BCUT2D eigenvalue weighted by Crippen LogP contribution is 2.36. The molecule has 4 nitrogen and oxygen atoms in total. The molecule has 2 saturated heterocycles. The van der Waals surface area contributed by atoms with Gasteiger partial charge < -0.3 is 14.7 Å². The first-order chi connectivity index (χ1) is 9.61. The van der Waals surface area contributed by atoms with Crippen molar-refractivity contribution in [1.29, 1.82) is 0 Å². The van der Waals surface area contributed by atoms with Gasteiger partial charge in [-0.25, -0.2) is 9.37 Å². The van der Waals surface area contributed by atoms with E-state index < -0.39 is 17.5 Å². The maximum Gasteiger partial charge on any atom is 0.167 e. The van der Waals surface area contributed by atoms with Crippen molar-refractivity contribution in [3.8, 4) is 0 Å². The van der Waals surface area contributed by atoms with Gasteiger partial charge in [-0.2, -0.15) is 0 Å². The number of nitrogens with zero attached hydrogens (tertiary/aromatic N) is 2. The Morgan fingerprint density at radius 3 is 2.85 bits per heavy atom. The van der Waals surface area contributed by atoms with E-state index in [2.05, 4.69) is 4.98 Å². The third-order valence-corrected chi connectivity index (χ3v) is 4.52. The Morgan fingerprint density at radius 1 is 1.45 bits per heavy atom. The summed E-state index contributed by atoms with van der Waals surface area (Å²) in [6, 6.07) is 1.28. The fourth-order valence-electron chi connectivity index (χ4n) is 3.13. The minimum atomic E-state index is -0.447. The van der Waals surface area contributed by atoms with E-state index in [4.69, 9.17) is 16.3 Å². The Labute approximate surface area is 122 Å². The van der Waals surface area contributed by atoms with E-state index in [-0.39, 0.29) is 0 Å². The lowest BCUT2D eigenvalue weighted by Crippen LogP contribution is -2.55. The van der Waals surface area contributed by atoms with Gasteiger partial charge >= 0.3 is 0 Å². The van der Waals surface area contributed by atoms with E-state index in [0.29, 0.717) is 43.4 Å². The predicted octanol–water partition coefficient (Wildman–Crippen LogP) is 2.38. The molecule has 3 heterocycles. The number of halogens is 2. The first-order valence-electron chi connectivity index (χ1n) is 6.99. The zero-order chi connectivity index (χ0) is 14.2. The molecular weight excluding hydrogens is 283 g/mol. The Bertz CT molecular complexity index is 492. The molecule has 0 aromatic carbocycles. The van der Waals surface area contributed by atoms with Gasteiger partial charge in [0, 0.05) is 25.9 Å². The van der Waals surface area contributed by atoms with Crippen molar-refractivity contribution in [2.75, 3.05) is 24.6 Å². The number of aliphatic hydroxyl groups is 1. The van der Waals surface area contributed by atoms with Gasteiger partial charge in [-0.15, -0.1) is 0 Å². The maximum absolute atomic E-state index is 13.9. The Kier molecular flexibility index (Phi) is 3.84. The zero-order valence-corrected chi connectivity index (χ0v) is 11.9. The average Bonchev–Trinajstić information content (AvgIpc) is 2.44. The van der Waals surface area contributed by atoms with Crippen LogP contribution in [0.25, 0.3) is 0 Å². The van der Waals surface area contributed by atoms with Crippen LogP contribution in [0.5, 0.6) is 0 Å². The number of aliphatic hydroxyl groups excluding tert-OH is 1. The first kappa shape index (κ1) is 14.0. The molecule has 1 aromatic rings. The third-order valence-electron chi connectivity index (χ3n) is 4.32. The van der Waals surface area contributed by atoms with Crippen LogP contribution in [0.1, 0.15) is 25.7 Å². The van der Waals surface area contributed by atoms with Crippen molar-refractivity contribution in [1.82, 2.24) is 4.98 Å². The highest BCUT2D eigenvalue weighted by molar-refractivity contribution is 6.30. The summed E-state index contributed by atoms with van der Waals surface area (Å²) in [5.74, 6) is -0.0758. The average molecular weight is 301 g/mol. The smallest absolute Gasteiger partial charge is 0.167 e. The molecule has 2 fully saturated rings. The summed E-state index contributed by atoms with van der Waals surface area (Å²) in [5, 5.41) is 10.5. The number of ether oxygens (including phenoxy) is 1. The van der Waals surface area contributed by atoms with Crippen LogP contribution in [0.3, 0.4) is 0 Å². The molecule has 0 saturated carbocycles. The van der Waals surface area contributed by atoms with Crippen molar-refractivity contribution in [3.05, 3.63) is 23.1 Å². The second kappa shape index (κ2) is 5.47. The van der Waals surface area contributed by atoms with Crippen LogP contribution in [0.4, 0.5) is 10.2 Å². The summed E-state index contributed by atoms with van der Waals surface area (Å²) >= 11 is 5.72. The van der Waals surface area contributed by atoms with E-state index in [1.54, 1.807) is 0 Å². The van der Waals surface area contributed by atoms with Gasteiger partial charge in [0.05, 0.1) is 16.7 Å².